The van der Waals surface area contributed by atoms with E-state index in [0.717, 1.165) is 0 Å². The Labute approximate surface area is 107 Å². The molecular weight excluding hydrogens is 274 g/mol. The summed E-state index contributed by atoms with van der Waals surface area (Å²) < 4.78 is 30.5. The van der Waals surface area contributed by atoms with Crippen molar-refractivity contribution in [3.05, 3.63) is 46.4 Å². The number of Topliss-reactive ketones (excluding diaryl/α,β-unsaturated/α-hetero) is 1. The predicted molar refractivity (Wildman–Crippen MR) is 62.3 cm³/mol. The molecule has 9 heteroatoms. The zero-order chi connectivity index (χ0) is 14.6. The molecule has 0 aliphatic heterocycles. The van der Waals surface area contributed by atoms with Gasteiger partial charge in [0.2, 0.25) is 10.7 Å². The van der Waals surface area contributed by atoms with E-state index in [0.29, 0.717) is 6.08 Å². The lowest BCUT2D eigenvalue weighted by Gasteiger charge is -2.12. The monoisotopic (exact) mass is 282 g/mol. The maximum atomic E-state index is 11.6. The summed E-state index contributed by atoms with van der Waals surface area (Å²) in [5, 5.41) is 0. The van der Waals surface area contributed by atoms with Gasteiger partial charge in [0.15, 0.2) is 5.78 Å². The van der Waals surface area contributed by atoms with Gasteiger partial charge in [-0.25, -0.2) is 0 Å². The molecule has 0 amide bonds. The maximum Gasteiger partial charge on any atom is 0.298 e. The Morgan fingerprint density at radius 2 is 1.53 bits per heavy atom. The van der Waals surface area contributed by atoms with E-state index in [1.165, 1.54) is 18.2 Å². The summed E-state index contributed by atoms with van der Waals surface area (Å²) in [5.74, 6) is -1.47. The highest BCUT2D eigenvalue weighted by atomic mass is 32.2. The molecule has 19 heavy (non-hydrogen) atoms. The minimum absolute atomic E-state index is 0.0115. The lowest BCUT2D eigenvalue weighted by atomic mass is 9.95. The quantitative estimate of drug-likeness (QED) is 0.398. The summed E-state index contributed by atoms with van der Waals surface area (Å²) in [5.41, 5.74) is 11.1. The van der Waals surface area contributed by atoms with E-state index in [2.05, 4.69) is 0 Å². The van der Waals surface area contributed by atoms with Gasteiger partial charge in [-0.3, -0.25) is 14.1 Å². The molecule has 1 aromatic carbocycles. The second-order valence-corrected chi connectivity index (χ2v) is 4.72. The molecule has 0 bridgehead atoms. The lowest BCUT2D eigenvalue weighted by molar-refractivity contribution is 0.0989. The van der Waals surface area contributed by atoms with Crippen molar-refractivity contribution in [3.8, 4) is 0 Å². The van der Waals surface area contributed by atoms with Crippen LogP contribution < -0.4 is 4.91 Å². The van der Waals surface area contributed by atoms with E-state index < -0.39 is 26.6 Å². The molecule has 3 N–H and O–H groups in total. The number of nitrogens with one attached hydrogen (secondary N) is 2. The van der Waals surface area contributed by atoms with Crippen LogP contribution >= 0.6 is 0 Å². The lowest BCUT2D eigenvalue weighted by Crippen LogP contribution is -2.21. The molecule has 0 unspecified atom stereocenters. The first-order valence-corrected chi connectivity index (χ1v) is 6.17. The Bertz CT molecular complexity index is 714. The average molecular weight is 282 g/mol. The van der Waals surface area contributed by atoms with Gasteiger partial charge in [-0.15, -0.1) is 0 Å². The van der Waals surface area contributed by atoms with Crippen molar-refractivity contribution < 1.29 is 22.6 Å². The number of nitrogens with zero attached hydrogens (tertiary/aromatic N) is 1. The number of hydrogen-bond acceptors (Lipinski definition) is 6. The number of hydrogen-bond donors (Lipinski definition) is 3. The molecule has 0 heterocycles. The number of benzene rings is 1. The Morgan fingerprint density at radius 3 is 2.00 bits per heavy atom. The first-order valence-electron chi connectivity index (χ1n) is 4.73. The molecule has 0 aromatic heterocycles. The number of carbonyl (C=O) groups is 2. The van der Waals surface area contributed by atoms with E-state index in [9.17, 15) is 18.0 Å². The smallest absolute Gasteiger partial charge is 0.289 e. The molecule has 0 fully saturated rings. The molecule has 1 aliphatic carbocycles. The fourth-order valence-electron chi connectivity index (χ4n) is 1.48. The molecule has 1 aliphatic rings. The fraction of sp³-hybridized carbons (Fsp3) is 0. The van der Waals surface area contributed by atoms with Crippen molar-refractivity contribution in [2.75, 3.05) is 0 Å². The van der Waals surface area contributed by atoms with Crippen LogP contribution in [0.15, 0.2) is 35.2 Å². The van der Waals surface area contributed by atoms with Gasteiger partial charge in [0.25, 0.3) is 10.1 Å². The number of carbonyl (C=O) groups excluding carboxylic acids is 2. The Balaban J connectivity index is 0.000000550. The van der Waals surface area contributed by atoms with Gasteiger partial charge in [-0.1, -0.05) is 24.3 Å². The van der Waals surface area contributed by atoms with Gasteiger partial charge in [-0.2, -0.15) is 8.42 Å². The summed E-state index contributed by atoms with van der Waals surface area (Å²) >= 11 is 0. The largest absolute Gasteiger partial charge is 0.298 e. The Morgan fingerprint density at radius 1 is 1.05 bits per heavy atom. The number of allylic oxidation sites excluding steroid dienone is 2. The van der Waals surface area contributed by atoms with E-state index in [4.69, 9.17) is 15.6 Å². The van der Waals surface area contributed by atoms with Crippen LogP contribution in [0, 0.1) is 11.1 Å². The molecule has 98 valence electrons. The summed E-state index contributed by atoms with van der Waals surface area (Å²) in [6, 6.07) is 5.84. The van der Waals surface area contributed by atoms with E-state index in [1.54, 1.807) is 6.07 Å². The fourth-order valence-corrected chi connectivity index (χ4v) is 2.08. The first-order chi connectivity index (χ1) is 8.82. The zero-order valence-corrected chi connectivity index (χ0v) is 10.1. The highest BCUT2D eigenvalue weighted by Gasteiger charge is 2.31. The SMILES string of the molecule is N=[N+]=N.O=C1C=C(S(=O)(=O)O)C(=O)c2ccccc21. The topological polar surface area (TPSA) is 150 Å². The summed E-state index contributed by atoms with van der Waals surface area (Å²) in [4.78, 5) is 24.3. The Kier molecular flexibility index (Phi) is 4.18. The maximum absolute atomic E-state index is 11.6. The highest BCUT2D eigenvalue weighted by Crippen LogP contribution is 2.23. The summed E-state index contributed by atoms with van der Waals surface area (Å²) in [6.07, 6.45) is 0.639. The van der Waals surface area contributed by atoms with Crippen molar-refractivity contribution in [1.82, 2.24) is 4.91 Å². The molecule has 0 saturated carbocycles. The molecule has 0 spiro atoms. The van der Waals surface area contributed by atoms with Crippen molar-refractivity contribution in [2.24, 2.45) is 0 Å². The van der Waals surface area contributed by atoms with E-state index in [1.807, 2.05) is 4.91 Å². The van der Waals surface area contributed by atoms with Crippen LogP contribution in [0.5, 0.6) is 0 Å². The van der Waals surface area contributed by atoms with Crippen LogP contribution in [0.1, 0.15) is 20.7 Å². The first kappa shape index (κ1) is 14.6. The van der Waals surface area contributed by atoms with E-state index >= 15 is 0 Å². The number of fused-ring (bicyclic) bond motifs is 1. The third kappa shape index (κ3) is 3.05. The van der Waals surface area contributed by atoms with E-state index in [-0.39, 0.29) is 11.1 Å². The van der Waals surface area contributed by atoms with Gasteiger partial charge < -0.3 is 0 Å². The van der Waals surface area contributed by atoms with Gasteiger partial charge >= 0.3 is 0 Å². The second-order valence-electron chi connectivity index (χ2n) is 3.33. The predicted octanol–water partition coefficient (Wildman–Crippen LogP) is 0.953. The van der Waals surface area contributed by atoms with Crippen LogP contribution in [0.25, 0.3) is 0 Å². The van der Waals surface area contributed by atoms with Gasteiger partial charge in [-0.05, 0) is 0 Å². The van der Waals surface area contributed by atoms with Gasteiger partial charge in [0.05, 0.1) is 0 Å². The van der Waals surface area contributed by atoms with Gasteiger partial charge in [0, 0.05) is 17.2 Å². The molecule has 8 nitrogen and oxygen atoms in total. The molecular formula is C10H8N3O5S+. The summed E-state index contributed by atoms with van der Waals surface area (Å²) in [7, 11) is -4.66. The van der Waals surface area contributed by atoms with Crippen molar-refractivity contribution in [2.45, 2.75) is 0 Å². The molecule has 0 radical (unpaired) electrons. The second kappa shape index (κ2) is 5.44. The minimum atomic E-state index is -4.66. The van der Waals surface area contributed by atoms with Crippen molar-refractivity contribution >= 4 is 21.7 Å². The highest BCUT2D eigenvalue weighted by molar-refractivity contribution is 7.91. The zero-order valence-electron chi connectivity index (χ0n) is 9.32. The van der Waals surface area contributed by atoms with Crippen molar-refractivity contribution in [1.29, 1.82) is 11.1 Å². The minimum Gasteiger partial charge on any atom is -0.289 e. The van der Waals surface area contributed by atoms with Crippen LogP contribution in [-0.2, 0) is 10.1 Å². The average Bonchev–Trinajstić information content (AvgIpc) is 2.33. The van der Waals surface area contributed by atoms with Crippen LogP contribution in [0.4, 0.5) is 0 Å². The van der Waals surface area contributed by atoms with Gasteiger partial charge in [0.1, 0.15) is 16.0 Å². The standard InChI is InChI=1S/C10H6O5S.H2N3/c11-8-5-9(16(13,14)15)10(12)7-4-2-1-3-6(7)8;1-3-2/h1-5H,(H,13,14,15);1-2H/q;+1. The van der Waals surface area contributed by atoms with Crippen LogP contribution in [0.3, 0.4) is 0 Å². The molecule has 1 aromatic rings. The number of ketones is 2. The van der Waals surface area contributed by atoms with Crippen LogP contribution in [0.2, 0.25) is 0 Å². The third-order valence-electron chi connectivity index (χ3n) is 2.20. The molecule has 0 saturated heterocycles. The summed E-state index contributed by atoms with van der Waals surface area (Å²) in [6.45, 7) is 0. The van der Waals surface area contributed by atoms with Crippen LogP contribution in [-0.4, -0.2) is 24.5 Å². The van der Waals surface area contributed by atoms with Crippen molar-refractivity contribution in [3.63, 3.8) is 0 Å². The third-order valence-corrected chi connectivity index (χ3v) is 3.06. The number of rotatable bonds is 1. The normalized spacial score (nSPS) is 13.6. The molecule has 0 atom stereocenters. The Hall–Kier alpha value is -2.48. The molecule has 2 rings (SSSR count).